The molecule has 0 radical (unpaired) electrons. The van der Waals surface area contributed by atoms with Crippen molar-refractivity contribution < 1.29 is 9.84 Å². The predicted molar refractivity (Wildman–Crippen MR) is 133 cm³/mol. The number of morpholine rings is 1. The molecule has 1 saturated heterocycles. The van der Waals surface area contributed by atoms with Gasteiger partial charge >= 0.3 is 0 Å². The van der Waals surface area contributed by atoms with Crippen LogP contribution in [-0.2, 0) is 4.74 Å². The maximum atomic E-state index is 10.9. The van der Waals surface area contributed by atoms with Gasteiger partial charge in [0.05, 0.1) is 25.4 Å². The Morgan fingerprint density at radius 1 is 1.12 bits per heavy atom. The van der Waals surface area contributed by atoms with Gasteiger partial charge in [0.2, 0.25) is 0 Å². The first-order valence-corrected chi connectivity index (χ1v) is 12.2. The predicted octanol–water partition coefficient (Wildman–Crippen LogP) is 2.53. The lowest BCUT2D eigenvalue weighted by Gasteiger charge is -2.36. The van der Waals surface area contributed by atoms with Crippen molar-refractivity contribution in [3.05, 3.63) is 35.9 Å². The fourth-order valence-electron chi connectivity index (χ4n) is 4.15. The monoisotopic (exact) mass is 447 g/mol. The Bertz CT molecular complexity index is 670. The molecule has 2 atom stereocenters. The van der Waals surface area contributed by atoms with Gasteiger partial charge in [-0.2, -0.15) is 0 Å². The van der Waals surface area contributed by atoms with Crippen molar-refractivity contribution in [1.82, 2.24) is 20.9 Å². The van der Waals surface area contributed by atoms with Gasteiger partial charge in [-0.05, 0) is 39.2 Å². The molecule has 2 unspecified atom stereocenters. The summed E-state index contributed by atoms with van der Waals surface area (Å²) in [6.07, 6.45) is 1.97. The quantitative estimate of drug-likeness (QED) is 0.291. The van der Waals surface area contributed by atoms with Crippen LogP contribution < -0.4 is 16.0 Å². The Morgan fingerprint density at radius 2 is 1.78 bits per heavy atom. The summed E-state index contributed by atoms with van der Waals surface area (Å²) in [5, 5.41) is 21.4. The highest BCUT2D eigenvalue weighted by Gasteiger charge is 2.29. The van der Waals surface area contributed by atoms with Crippen molar-refractivity contribution >= 4 is 5.96 Å². The van der Waals surface area contributed by atoms with Gasteiger partial charge in [-0.15, -0.1) is 0 Å². The van der Waals surface area contributed by atoms with Gasteiger partial charge in [0.1, 0.15) is 0 Å². The molecular weight excluding hydrogens is 402 g/mol. The Labute approximate surface area is 195 Å². The van der Waals surface area contributed by atoms with E-state index in [0.29, 0.717) is 19.6 Å². The molecule has 0 aromatic heterocycles. The maximum absolute atomic E-state index is 10.9. The van der Waals surface area contributed by atoms with Gasteiger partial charge < -0.3 is 25.8 Å². The lowest BCUT2D eigenvalue weighted by molar-refractivity contribution is -0.0201. The summed E-state index contributed by atoms with van der Waals surface area (Å²) < 4.78 is 5.41. The number of guanidine groups is 1. The minimum absolute atomic E-state index is 0.0894. The highest BCUT2D eigenvalue weighted by molar-refractivity contribution is 5.79. The number of nitrogens with zero attached hydrogens (tertiary/aromatic N) is 2. The molecule has 182 valence electrons. The largest absolute Gasteiger partial charge is 0.387 e. The Kier molecular flexibility index (Phi) is 10.9. The molecule has 0 saturated carbocycles. The summed E-state index contributed by atoms with van der Waals surface area (Å²) in [6, 6.07) is 10.8. The van der Waals surface area contributed by atoms with Crippen LogP contribution >= 0.6 is 0 Å². The Balaban J connectivity index is 1.99. The lowest BCUT2D eigenvalue weighted by atomic mass is 9.91. The van der Waals surface area contributed by atoms with Crippen molar-refractivity contribution in [2.75, 3.05) is 52.5 Å². The number of rotatable bonds is 12. The van der Waals surface area contributed by atoms with Crippen LogP contribution in [0.15, 0.2) is 35.3 Å². The van der Waals surface area contributed by atoms with Crippen LogP contribution in [0.5, 0.6) is 0 Å². The summed E-state index contributed by atoms with van der Waals surface area (Å²) in [5.74, 6) is 0.746. The van der Waals surface area contributed by atoms with Gasteiger partial charge in [-0.25, -0.2) is 0 Å². The highest BCUT2D eigenvalue weighted by atomic mass is 16.5. The lowest BCUT2D eigenvalue weighted by Crippen LogP contribution is -2.53. The summed E-state index contributed by atoms with van der Waals surface area (Å²) in [6.45, 7) is 16.3. The molecule has 0 bridgehead atoms. The van der Waals surface area contributed by atoms with Crippen LogP contribution in [0.4, 0.5) is 0 Å². The molecule has 0 amide bonds. The van der Waals surface area contributed by atoms with Crippen LogP contribution in [0.25, 0.3) is 0 Å². The number of aliphatic imine (C=N–C) groups is 1. The number of ether oxygens (including phenoxy) is 1. The minimum atomic E-state index is -0.847. The first-order valence-electron chi connectivity index (χ1n) is 12.2. The number of hydrogen-bond acceptors (Lipinski definition) is 5. The van der Waals surface area contributed by atoms with Gasteiger partial charge in [-0.3, -0.25) is 9.89 Å². The summed E-state index contributed by atoms with van der Waals surface area (Å²) in [7, 11) is 0. The minimum Gasteiger partial charge on any atom is -0.387 e. The second-order valence-electron chi connectivity index (χ2n) is 9.20. The average Bonchev–Trinajstić information content (AvgIpc) is 2.81. The van der Waals surface area contributed by atoms with E-state index in [2.05, 4.69) is 78.9 Å². The van der Waals surface area contributed by atoms with E-state index in [-0.39, 0.29) is 11.6 Å². The third-order valence-corrected chi connectivity index (χ3v) is 6.36. The average molecular weight is 448 g/mol. The van der Waals surface area contributed by atoms with Crippen LogP contribution in [0.3, 0.4) is 0 Å². The smallest absolute Gasteiger partial charge is 0.191 e. The molecule has 0 aliphatic carbocycles. The van der Waals surface area contributed by atoms with E-state index in [9.17, 15) is 5.11 Å². The van der Waals surface area contributed by atoms with Crippen molar-refractivity contribution in [3.8, 4) is 0 Å². The van der Waals surface area contributed by atoms with Crippen LogP contribution in [0.2, 0.25) is 0 Å². The molecule has 32 heavy (non-hydrogen) atoms. The molecule has 7 heteroatoms. The molecular formula is C25H45N5O2. The zero-order chi connectivity index (χ0) is 23.5. The van der Waals surface area contributed by atoms with Crippen molar-refractivity contribution in [2.45, 2.75) is 64.6 Å². The van der Waals surface area contributed by atoms with Crippen molar-refractivity contribution in [2.24, 2.45) is 4.99 Å². The molecule has 1 aliphatic rings. The third-order valence-electron chi connectivity index (χ3n) is 6.36. The molecule has 1 fully saturated rings. The second kappa shape index (κ2) is 13.1. The standard InChI is InChI=1S/C25H45N5O2/c1-6-25(7-2,29-21(4)22-12-10-9-11-13-22)19-28-23(26-8-3)27-18-24(5,31)20-30-14-16-32-17-15-30/h9-13,21,29,31H,6-8,14-20H2,1-5H3,(H2,26,27,28). The summed E-state index contributed by atoms with van der Waals surface area (Å²) >= 11 is 0. The fraction of sp³-hybridized carbons (Fsp3) is 0.720. The molecule has 4 N–H and O–H groups in total. The van der Waals surface area contributed by atoms with Gasteiger partial charge in [-0.1, -0.05) is 44.2 Å². The number of aliphatic hydroxyl groups is 1. The molecule has 2 rings (SSSR count). The normalized spacial score (nSPS) is 18.8. The zero-order valence-electron chi connectivity index (χ0n) is 20.8. The van der Waals surface area contributed by atoms with E-state index in [1.54, 1.807) is 0 Å². The van der Waals surface area contributed by atoms with E-state index in [0.717, 1.165) is 51.6 Å². The number of benzene rings is 1. The van der Waals surface area contributed by atoms with Gasteiger partial charge in [0, 0.05) is 44.3 Å². The Morgan fingerprint density at radius 3 is 2.38 bits per heavy atom. The topological polar surface area (TPSA) is 81.2 Å². The molecule has 1 heterocycles. The van der Waals surface area contributed by atoms with E-state index in [1.807, 2.05) is 6.92 Å². The third kappa shape index (κ3) is 8.70. The number of β-amino-alcohol motifs (C(OH)–C–C–N with tert-alkyl or cyclic N) is 1. The van der Waals surface area contributed by atoms with Crippen molar-refractivity contribution in [1.29, 1.82) is 0 Å². The molecule has 1 aromatic carbocycles. The van der Waals surface area contributed by atoms with Crippen LogP contribution in [-0.4, -0.2) is 79.6 Å². The summed E-state index contributed by atoms with van der Waals surface area (Å²) in [4.78, 5) is 7.16. The van der Waals surface area contributed by atoms with E-state index in [4.69, 9.17) is 9.73 Å². The maximum Gasteiger partial charge on any atom is 0.191 e. The van der Waals surface area contributed by atoms with E-state index in [1.165, 1.54) is 5.56 Å². The fourth-order valence-corrected chi connectivity index (χ4v) is 4.15. The highest BCUT2D eigenvalue weighted by Crippen LogP contribution is 2.22. The second-order valence-corrected chi connectivity index (χ2v) is 9.20. The first kappa shape index (κ1) is 26.6. The summed E-state index contributed by atoms with van der Waals surface area (Å²) in [5.41, 5.74) is 0.348. The van der Waals surface area contributed by atoms with E-state index >= 15 is 0 Å². The van der Waals surface area contributed by atoms with Gasteiger partial charge in [0.25, 0.3) is 0 Å². The number of nitrogens with one attached hydrogen (secondary N) is 3. The number of hydrogen-bond donors (Lipinski definition) is 4. The molecule has 7 nitrogen and oxygen atoms in total. The van der Waals surface area contributed by atoms with E-state index < -0.39 is 5.60 Å². The Hall–Kier alpha value is -1.67. The molecule has 1 aliphatic heterocycles. The van der Waals surface area contributed by atoms with Crippen molar-refractivity contribution in [3.63, 3.8) is 0 Å². The van der Waals surface area contributed by atoms with Gasteiger partial charge in [0.15, 0.2) is 5.96 Å². The molecule has 1 aromatic rings. The molecule has 0 spiro atoms. The SMILES string of the molecule is CCNC(=NCC(CC)(CC)NC(C)c1ccccc1)NCC(C)(O)CN1CCOCC1. The van der Waals surface area contributed by atoms with Crippen LogP contribution in [0, 0.1) is 0 Å². The first-order chi connectivity index (χ1) is 15.3. The van der Waals surface area contributed by atoms with Crippen LogP contribution in [0.1, 0.15) is 59.1 Å². The zero-order valence-corrected chi connectivity index (χ0v) is 20.8.